The molecule has 0 unspecified atom stereocenters. The van der Waals surface area contributed by atoms with Crippen LogP contribution in [-0.2, 0) is 4.79 Å². The lowest BCUT2D eigenvalue weighted by atomic mass is 10.2. The standard InChI is InChI=1S/C14H12Cl2N2O3/c15-7-1-4-10-9(5-7)12(16)13(17-10)14(21)18(6-11(19)20)8-2-3-8/h1,4-5,8,17H,2-3,6H2,(H,19,20). The molecule has 0 atom stereocenters. The number of fused-ring (bicyclic) bond motifs is 1. The fourth-order valence-corrected chi connectivity index (χ4v) is 2.78. The van der Waals surface area contributed by atoms with E-state index in [2.05, 4.69) is 4.98 Å². The first-order valence-electron chi connectivity index (χ1n) is 6.47. The van der Waals surface area contributed by atoms with Crippen molar-refractivity contribution in [1.82, 2.24) is 9.88 Å². The minimum Gasteiger partial charge on any atom is -0.480 e. The molecule has 21 heavy (non-hydrogen) atoms. The van der Waals surface area contributed by atoms with Gasteiger partial charge in [-0.1, -0.05) is 23.2 Å². The summed E-state index contributed by atoms with van der Waals surface area (Å²) in [5.74, 6) is -1.43. The number of aromatic amines is 1. The van der Waals surface area contributed by atoms with Crippen molar-refractivity contribution in [3.63, 3.8) is 0 Å². The third-order valence-electron chi connectivity index (χ3n) is 3.47. The Morgan fingerprint density at radius 2 is 2.05 bits per heavy atom. The molecule has 2 N–H and O–H groups in total. The minimum absolute atomic E-state index is 0.0142. The number of aromatic nitrogens is 1. The lowest BCUT2D eigenvalue weighted by molar-refractivity contribution is -0.137. The van der Waals surface area contributed by atoms with Gasteiger partial charge in [-0.15, -0.1) is 0 Å². The molecule has 0 spiro atoms. The van der Waals surface area contributed by atoms with Crippen LogP contribution in [0.15, 0.2) is 18.2 Å². The van der Waals surface area contributed by atoms with Crippen LogP contribution >= 0.6 is 23.2 Å². The van der Waals surface area contributed by atoms with Gasteiger partial charge in [-0.3, -0.25) is 9.59 Å². The number of carbonyl (C=O) groups excluding carboxylic acids is 1. The average Bonchev–Trinajstić information content (AvgIpc) is 3.21. The molecule has 0 radical (unpaired) electrons. The van der Waals surface area contributed by atoms with Crippen molar-refractivity contribution in [2.24, 2.45) is 0 Å². The Hall–Kier alpha value is -1.72. The van der Waals surface area contributed by atoms with E-state index in [1.807, 2.05) is 0 Å². The number of carboxylic acid groups (broad SMARTS) is 1. The maximum Gasteiger partial charge on any atom is 0.323 e. The van der Waals surface area contributed by atoms with Gasteiger partial charge in [0.25, 0.3) is 5.91 Å². The molecular weight excluding hydrogens is 315 g/mol. The number of carbonyl (C=O) groups is 2. The molecule has 1 aromatic heterocycles. The van der Waals surface area contributed by atoms with E-state index in [1.54, 1.807) is 18.2 Å². The quantitative estimate of drug-likeness (QED) is 0.906. The summed E-state index contributed by atoms with van der Waals surface area (Å²) in [6.07, 6.45) is 1.64. The topological polar surface area (TPSA) is 73.4 Å². The molecule has 110 valence electrons. The normalized spacial score (nSPS) is 14.4. The summed E-state index contributed by atoms with van der Waals surface area (Å²) < 4.78 is 0. The average molecular weight is 327 g/mol. The zero-order valence-electron chi connectivity index (χ0n) is 10.9. The molecule has 1 aliphatic rings. The van der Waals surface area contributed by atoms with Crippen molar-refractivity contribution in [1.29, 1.82) is 0 Å². The first-order chi connectivity index (χ1) is 9.97. The Morgan fingerprint density at radius 3 is 2.67 bits per heavy atom. The number of nitrogens with one attached hydrogen (secondary N) is 1. The van der Waals surface area contributed by atoms with Gasteiger partial charge in [0.15, 0.2) is 0 Å². The highest BCUT2D eigenvalue weighted by atomic mass is 35.5. The number of rotatable bonds is 4. The number of nitrogens with zero attached hydrogens (tertiary/aromatic N) is 1. The van der Waals surface area contributed by atoms with E-state index in [1.165, 1.54) is 4.90 Å². The van der Waals surface area contributed by atoms with E-state index in [9.17, 15) is 9.59 Å². The maximum absolute atomic E-state index is 12.6. The van der Waals surface area contributed by atoms with Gasteiger partial charge in [0, 0.05) is 22.0 Å². The smallest absolute Gasteiger partial charge is 0.323 e. The van der Waals surface area contributed by atoms with Gasteiger partial charge < -0.3 is 15.0 Å². The summed E-state index contributed by atoms with van der Waals surface area (Å²) in [5.41, 5.74) is 0.904. The zero-order chi connectivity index (χ0) is 15.1. The molecule has 1 fully saturated rings. The fraction of sp³-hybridized carbons (Fsp3) is 0.286. The van der Waals surface area contributed by atoms with E-state index in [0.29, 0.717) is 15.9 Å². The molecule has 1 aliphatic carbocycles. The molecule has 1 saturated carbocycles. The Labute approximate surface area is 130 Å². The Bertz CT molecular complexity index is 737. The fourth-order valence-electron chi connectivity index (χ4n) is 2.32. The summed E-state index contributed by atoms with van der Waals surface area (Å²) in [4.78, 5) is 27.8. The first kappa shape index (κ1) is 14.2. The minimum atomic E-state index is -1.04. The van der Waals surface area contributed by atoms with Crippen LogP contribution in [-0.4, -0.2) is 39.5 Å². The van der Waals surface area contributed by atoms with Crippen LogP contribution in [0.5, 0.6) is 0 Å². The molecule has 0 saturated heterocycles. The predicted molar refractivity (Wildman–Crippen MR) is 80.0 cm³/mol. The zero-order valence-corrected chi connectivity index (χ0v) is 12.4. The van der Waals surface area contributed by atoms with E-state index < -0.39 is 11.9 Å². The monoisotopic (exact) mass is 326 g/mol. The van der Waals surface area contributed by atoms with Crippen molar-refractivity contribution in [2.75, 3.05) is 6.54 Å². The van der Waals surface area contributed by atoms with E-state index in [0.717, 1.165) is 12.8 Å². The van der Waals surface area contributed by atoms with Gasteiger partial charge >= 0.3 is 5.97 Å². The van der Waals surface area contributed by atoms with Crippen LogP contribution in [0.4, 0.5) is 0 Å². The number of halogens is 2. The maximum atomic E-state index is 12.6. The van der Waals surface area contributed by atoms with Crippen molar-refractivity contribution in [3.8, 4) is 0 Å². The third kappa shape index (κ3) is 2.71. The molecule has 1 amide bonds. The molecule has 2 aromatic rings. The highest BCUT2D eigenvalue weighted by Gasteiger charge is 2.35. The van der Waals surface area contributed by atoms with Crippen LogP contribution in [0.2, 0.25) is 10.0 Å². The molecule has 0 aliphatic heterocycles. The van der Waals surface area contributed by atoms with Gasteiger partial charge in [0.1, 0.15) is 12.2 Å². The number of hydrogen-bond donors (Lipinski definition) is 2. The number of benzene rings is 1. The predicted octanol–water partition coefficient (Wildman–Crippen LogP) is 3.16. The highest BCUT2D eigenvalue weighted by molar-refractivity contribution is 6.39. The summed E-state index contributed by atoms with van der Waals surface area (Å²) in [5, 5.41) is 10.4. The Morgan fingerprint density at radius 1 is 1.33 bits per heavy atom. The van der Waals surface area contributed by atoms with Gasteiger partial charge in [0.05, 0.1) is 5.02 Å². The summed E-state index contributed by atoms with van der Waals surface area (Å²) in [6, 6.07) is 5.09. The van der Waals surface area contributed by atoms with Gasteiger partial charge in [-0.25, -0.2) is 0 Å². The third-order valence-corrected chi connectivity index (χ3v) is 4.09. The Kier molecular flexibility index (Phi) is 3.55. The van der Waals surface area contributed by atoms with Crippen molar-refractivity contribution in [2.45, 2.75) is 18.9 Å². The Balaban J connectivity index is 2.00. The number of hydrogen-bond acceptors (Lipinski definition) is 2. The van der Waals surface area contributed by atoms with Crippen LogP contribution < -0.4 is 0 Å². The van der Waals surface area contributed by atoms with Gasteiger partial charge in [-0.05, 0) is 31.0 Å². The summed E-state index contributed by atoms with van der Waals surface area (Å²) >= 11 is 12.2. The lowest BCUT2D eigenvalue weighted by Crippen LogP contribution is -2.37. The van der Waals surface area contributed by atoms with Crippen LogP contribution in [0.1, 0.15) is 23.3 Å². The van der Waals surface area contributed by atoms with Crippen LogP contribution in [0.25, 0.3) is 10.9 Å². The molecule has 0 bridgehead atoms. The van der Waals surface area contributed by atoms with Gasteiger partial charge in [-0.2, -0.15) is 0 Å². The number of amides is 1. The molecule has 5 nitrogen and oxygen atoms in total. The van der Waals surface area contributed by atoms with Crippen LogP contribution in [0.3, 0.4) is 0 Å². The lowest BCUT2D eigenvalue weighted by Gasteiger charge is -2.19. The second kappa shape index (κ2) is 5.24. The second-order valence-corrected chi connectivity index (χ2v) is 5.88. The van der Waals surface area contributed by atoms with Crippen molar-refractivity contribution in [3.05, 3.63) is 33.9 Å². The molecule has 7 heteroatoms. The number of H-pyrrole nitrogens is 1. The highest BCUT2D eigenvalue weighted by Crippen LogP contribution is 2.33. The number of carboxylic acids is 1. The molecule has 1 heterocycles. The second-order valence-electron chi connectivity index (χ2n) is 5.06. The van der Waals surface area contributed by atoms with E-state index in [-0.39, 0.29) is 23.3 Å². The number of aliphatic carboxylic acids is 1. The van der Waals surface area contributed by atoms with E-state index >= 15 is 0 Å². The van der Waals surface area contributed by atoms with Crippen LogP contribution in [0, 0.1) is 0 Å². The summed E-state index contributed by atoms with van der Waals surface area (Å²) in [7, 11) is 0. The SMILES string of the molecule is O=C(O)CN(C(=O)c1[nH]c2ccc(Cl)cc2c1Cl)C1CC1. The van der Waals surface area contributed by atoms with E-state index in [4.69, 9.17) is 28.3 Å². The molecular formula is C14H12Cl2N2O3. The molecule has 1 aromatic carbocycles. The van der Waals surface area contributed by atoms with Gasteiger partial charge in [0.2, 0.25) is 0 Å². The first-order valence-corrected chi connectivity index (χ1v) is 7.22. The van der Waals surface area contributed by atoms with Crippen molar-refractivity contribution < 1.29 is 14.7 Å². The summed E-state index contributed by atoms with van der Waals surface area (Å²) in [6.45, 7) is -0.323. The van der Waals surface area contributed by atoms with Crippen molar-refractivity contribution >= 4 is 46.0 Å². The largest absolute Gasteiger partial charge is 0.480 e. The molecule has 3 rings (SSSR count).